The molecule has 0 aromatic heterocycles. The summed E-state index contributed by atoms with van der Waals surface area (Å²) in [4.78, 5) is 23.7. The van der Waals surface area contributed by atoms with Crippen LogP contribution in [0.15, 0.2) is 0 Å². The fraction of sp³-hybridized carbons (Fsp3) is 0.750. The first kappa shape index (κ1) is 7.58. The number of ether oxygens (including phenoxy) is 1. The van der Waals surface area contributed by atoms with Crippen LogP contribution >= 0.6 is 0 Å². The van der Waals surface area contributed by atoms with Gasteiger partial charge in [0.05, 0.1) is 5.54 Å². The molecule has 1 aliphatic heterocycles. The highest BCUT2D eigenvalue weighted by Gasteiger charge is 2.58. The Balaban J connectivity index is 2.20. The van der Waals surface area contributed by atoms with Crippen LogP contribution in [-0.2, 0) is 9.53 Å². The zero-order valence-electron chi connectivity index (χ0n) is 7.00. The molecule has 12 heavy (non-hydrogen) atoms. The van der Waals surface area contributed by atoms with Crippen LogP contribution in [0.2, 0.25) is 0 Å². The average Bonchev–Trinajstić information content (AvgIpc) is 2.74. The number of carbonyl (C=O) groups is 2. The minimum absolute atomic E-state index is 0.116. The minimum Gasteiger partial charge on any atom is -0.447 e. The molecule has 0 aromatic carbocycles. The van der Waals surface area contributed by atoms with Crippen LogP contribution < -0.4 is 0 Å². The lowest BCUT2D eigenvalue weighted by atomic mass is 10.2. The molecule has 2 amide bonds. The van der Waals surface area contributed by atoms with Gasteiger partial charge in [0.1, 0.15) is 6.61 Å². The van der Waals surface area contributed by atoms with Crippen LogP contribution in [0.25, 0.3) is 0 Å². The molecular weight excluding hydrogens is 158 g/mol. The van der Waals surface area contributed by atoms with E-state index < -0.39 is 6.09 Å². The van der Waals surface area contributed by atoms with Gasteiger partial charge in [-0.25, -0.2) is 9.69 Å². The summed E-state index contributed by atoms with van der Waals surface area (Å²) in [6, 6.07) is 0. The van der Waals surface area contributed by atoms with Gasteiger partial charge >= 0.3 is 6.09 Å². The van der Waals surface area contributed by atoms with Crippen molar-refractivity contribution in [1.82, 2.24) is 4.90 Å². The molecule has 1 saturated carbocycles. The van der Waals surface area contributed by atoms with E-state index in [1.54, 1.807) is 6.92 Å². The molecule has 66 valence electrons. The first-order chi connectivity index (χ1) is 5.69. The summed E-state index contributed by atoms with van der Waals surface area (Å²) < 4.78 is 4.83. The van der Waals surface area contributed by atoms with Gasteiger partial charge in [0.15, 0.2) is 0 Å². The summed E-state index contributed by atoms with van der Waals surface area (Å²) >= 11 is 0. The lowest BCUT2D eigenvalue weighted by Gasteiger charge is -2.16. The van der Waals surface area contributed by atoms with Gasteiger partial charge in [-0.1, -0.05) is 6.92 Å². The Morgan fingerprint density at radius 1 is 1.67 bits per heavy atom. The predicted octanol–water partition coefficient (Wildman–Crippen LogP) is 0.908. The zero-order valence-corrected chi connectivity index (χ0v) is 7.00. The number of amides is 2. The van der Waals surface area contributed by atoms with Gasteiger partial charge in [-0.3, -0.25) is 4.79 Å². The van der Waals surface area contributed by atoms with E-state index in [2.05, 4.69) is 0 Å². The molecule has 1 heterocycles. The summed E-state index contributed by atoms with van der Waals surface area (Å²) in [5.74, 6) is -0.116. The van der Waals surface area contributed by atoms with E-state index in [4.69, 9.17) is 4.74 Å². The molecule has 2 fully saturated rings. The van der Waals surface area contributed by atoms with Gasteiger partial charge in [0, 0.05) is 6.42 Å². The molecule has 0 radical (unpaired) electrons. The summed E-state index contributed by atoms with van der Waals surface area (Å²) in [6.07, 6.45) is 1.73. The number of carbonyl (C=O) groups excluding carboxylic acids is 2. The maximum absolute atomic E-state index is 11.3. The molecule has 0 aromatic rings. The minimum atomic E-state index is -0.459. The maximum atomic E-state index is 11.3. The SMILES string of the molecule is CCC(=O)N1C(=O)OCC12CC2. The normalized spacial score (nSPS) is 24.4. The molecule has 0 N–H and O–H groups in total. The smallest absolute Gasteiger partial charge is 0.417 e. The lowest BCUT2D eigenvalue weighted by molar-refractivity contribution is -0.129. The molecule has 1 aliphatic carbocycles. The van der Waals surface area contributed by atoms with Crippen molar-refractivity contribution in [2.45, 2.75) is 31.7 Å². The van der Waals surface area contributed by atoms with E-state index in [1.165, 1.54) is 4.90 Å². The van der Waals surface area contributed by atoms with Crippen LogP contribution in [0.3, 0.4) is 0 Å². The van der Waals surface area contributed by atoms with E-state index in [0.717, 1.165) is 12.8 Å². The van der Waals surface area contributed by atoms with Crippen molar-refractivity contribution >= 4 is 12.0 Å². The second-order valence-electron chi connectivity index (χ2n) is 3.36. The van der Waals surface area contributed by atoms with Crippen molar-refractivity contribution in [3.8, 4) is 0 Å². The third kappa shape index (κ3) is 0.838. The first-order valence-electron chi connectivity index (χ1n) is 4.19. The Morgan fingerprint density at radius 3 is 2.83 bits per heavy atom. The van der Waals surface area contributed by atoms with Crippen LogP contribution in [0.1, 0.15) is 26.2 Å². The Morgan fingerprint density at radius 2 is 2.33 bits per heavy atom. The second-order valence-corrected chi connectivity index (χ2v) is 3.36. The number of cyclic esters (lactones) is 1. The van der Waals surface area contributed by atoms with Crippen molar-refractivity contribution in [3.63, 3.8) is 0 Å². The van der Waals surface area contributed by atoms with Gasteiger partial charge < -0.3 is 4.74 Å². The summed E-state index contributed by atoms with van der Waals surface area (Å²) in [7, 11) is 0. The van der Waals surface area contributed by atoms with Gasteiger partial charge in [-0.15, -0.1) is 0 Å². The van der Waals surface area contributed by atoms with Gasteiger partial charge in [-0.05, 0) is 12.8 Å². The van der Waals surface area contributed by atoms with Crippen LogP contribution in [-0.4, -0.2) is 29.0 Å². The van der Waals surface area contributed by atoms with E-state index in [-0.39, 0.29) is 11.4 Å². The van der Waals surface area contributed by atoms with Crippen molar-refractivity contribution in [2.24, 2.45) is 0 Å². The topological polar surface area (TPSA) is 46.6 Å². The van der Waals surface area contributed by atoms with Crippen LogP contribution in [0.4, 0.5) is 4.79 Å². The highest BCUT2D eigenvalue weighted by molar-refractivity contribution is 5.94. The Labute approximate surface area is 70.5 Å². The molecule has 0 bridgehead atoms. The van der Waals surface area contributed by atoms with Crippen molar-refractivity contribution < 1.29 is 14.3 Å². The number of nitrogens with zero attached hydrogens (tertiary/aromatic N) is 1. The zero-order chi connectivity index (χ0) is 8.77. The van der Waals surface area contributed by atoms with E-state index in [1.807, 2.05) is 0 Å². The molecule has 0 unspecified atom stereocenters. The molecule has 2 aliphatic rings. The molecular formula is C8H11NO3. The third-order valence-corrected chi connectivity index (χ3v) is 2.50. The van der Waals surface area contributed by atoms with E-state index in [9.17, 15) is 9.59 Å². The first-order valence-corrected chi connectivity index (χ1v) is 4.19. The second kappa shape index (κ2) is 2.21. The largest absolute Gasteiger partial charge is 0.447 e. The highest BCUT2D eigenvalue weighted by atomic mass is 16.6. The van der Waals surface area contributed by atoms with Crippen molar-refractivity contribution in [2.75, 3.05) is 6.61 Å². The summed E-state index contributed by atoms with van der Waals surface area (Å²) in [5.41, 5.74) is -0.232. The summed E-state index contributed by atoms with van der Waals surface area (Å²) in [6.45, 7) is 2.15. The summed E-state index contributed by atoms with van der Waals surface area (Å²) in [5, 5.41) is 0. The monoisotopic (exact) mass is 169 g/mol. The molecule has 4 nitrogen and oxygen atoms in total. The standard InChI is InChI=1S/C8H11NO3/c1-2-6(10)9-7(11)12-5-8(9)3-4-8/h2-5H2,1H3. The average molecular weight is 169 g/mol. The maximum Gasteiger partial charge on any atom is 0.417 e. The Bertz CT molecular complexity index is 245. The molecule has 1 spiro atoms. The molecule has 4 heteroatoms. The number of hydrogen-bond acceptors (Lipinski definition) is 3. The molecule has 1 saturated heterocycles. The quantitative estimate of drug-likeness (QED) is 0.586. The highest BCUT2D eigenvalue weighted by Crippen LogP contribution is 2.46. The third-order valence-electron chi connectivity index (χ3n) is 2.50. The lowest BCUT2D eigenvalue weighted by Crippen LogP contribution is -2.40. The van der Waals surface area contributed by atoms with Crippen molar-refractivity contribution in [1.29, 1.82) is 0 Å². The van der Waals surface area contributed by atoms with Crippen LogP contribution in [0.5, 0.6) is 0 Å². The van der Waals surface area contributed by atoms with Crippen molar-refractivity contribution in [3.05, 3.63) is 0 Å². The fourth-order valence-corrected chi connectivity index (χ4v) is 1.56. The molecule has 2 rings (SSSR count). The van der Waals surface area contributed by atoms with Crippen LogP contribution in [0, 0.1) is 0 Å². The molecule has 0 atom stereocenters. The van der Waals surface area contributed by atoms with Gasteiger partial charge in [0.2, 0.25) is 5.91 Å². The van der Waals surface area contributed by atoms with Gasteiger partial charge in [0.25, 0.3) is 0 Å². The Hall–Kier alpha value is -1.06. The van der Waals surface area contributed by atoms with E-state index >= 15 is 0 Å². The number of hydrogen-bond donors (Lipinski definition) is 0. The Kier molecular flexibility index (Phi) is 1.40. The number of rotatable bonds is 1. The number of imide groups is 1. The fourth-order valence-electron chi connectivity index (χ4n) is 1.56. The van der Waals surface area contributed by atoms with Gasteiger partial charge in [-0.2, -0.15) is 0 Å². The predicted molar refractivity (Wildman–Crippen MR) is 40.5 cm³/mol. The van der Waals surface area contributed by atoms with E-state index in [0.29, 0.717) is 13.0 Å².